The molecule has 0 spiro atoms. The van der Waals surface area contributed by atoms with Gasteiger partial charge in [-0.15, -0.1) is 0 Å². The number of thiazole rings is 1. The van der Waals surface area contributed by atoms with Crippen LogP contribution in [0.15, 0.2) is 23.0 Å². The molecule has 9 heteroatoms. The highest BCUT2D eigenvalue weighted by atomic mass is 32.1. The minimum Gasteiger partial charge on any atom is -0.473 e. The number of fused-ring (bicyclic) bond motifs is 2. The summed E-state index contributed by atoms with van der Waals surface area (Å²) in [6.07, 6.45) is 0.138. The number of rotatable bonds is 4. The number of benzene rings is 1. The lowest BCUT2D eigenvalue weighted by atomic mass is 10.0. The number of aromatic amines is 1. The third-order valence-corrected chi connectivity index (χ3v) is 5.72. The van der Waals surface area contributed by atoms with Crippen LogP contribution in [0.2, 0.25) is 0 Å². The Morgan fingerprint density at radius 3 is 2.86 bits per heavy atom. The molecule has 3 aromatic heterocycles. The molecule has 0 saturated heterocycles. The summed E-state index contributed by atoms with van der Waals surface area (Å²) >= 11 is 1.42. The van der Waals surface area contributed by atoms with Gasteiger partial charge in [0, 0.05) is 18.4 Å². The number of H-pyrrole nitrogens is 1. The lowest BCUT2D eigenvalue weighted by Gasteiger charge is -2.11. The number of pyridine rings is 1. The Labute approximate surface area is 164 Å². The number of carbonyl (C=O) groups excluding carboxylic acids is 1. The Morgan fingerprint density at radius 2 is 2.11 bits per heavy atom. The van der Waals surface area contributed by atoms with Gasteiger partial charge in [0.25, 0.3) is 10.8 Å². The standard InChI is InChI=1S/C19H19N5O3S/c1-9-12(10(2)20-17-16(9)18(26)23-24(17)3)8-15(25)21-11-5-6-13-14(7-11)28-19(22-13)27-4/h5-7H,8H2,1-4H3,(H,21,25)(H,23,26). The van der Waals surface area contributed by atoms with Crippen LogP contribution in [0.25, 0.3) is 21.3 Å². The van der Waals surface area contributed by atoms with Gasteiger partial charge in [0.05, 0.1) is 29.1 Å². The zero-order valence-corrected chi connectivity index (χ0v) is 16.7. The maximum atomic E-state index is 12.6. The number of methoxy groups -OCH3 is 1. The molecule has 3 heterocycles. The van der Waals surface area contributed by atoms with Crippen molar-refractivity contribution < 1.29 is 9.53 Å². The fourth-order valence-electron chi connectivity index (χ4n) is 3.34. The molecule has 0 saturated carbocycles. The van der Waals surface area contributed by atoms with Crippen LogP contribution in [-0.4, -0.2) is 32.8 Å². The summed E-state index contributed by atoms with van der Waals surface area (Å²) < 4.78 is 7.68. The second kappa shape index (κ2) is 6.75. The highest BCUT2D eigenvalue weighted by Crippen LogP contribution is 2.29. The number of nitrogens with zero attached hydrogens (tertiary/aromatic N) is 3. The monoisotopic (exact) mass is 397 g/mol. The van der Waals surface area contributed by atoms with Gasteiger partial charge in [-0.25, -0.2) is 9.97 Å². The predicted octanol–water partition coefficient (Wildman–Crippen LogP) is 2.68. The van der Waals surface area contributed by atoms with Crippen molar-refractivity contribution in [1.82, 2.24) is 19.7 Å². The molecule has 8 nitrogen and oxygen atoms in total. The fourth-order valence-corrected chi connectivity index (χ4v) is 4.16. The minimum absolute atomic E-state index is 0.138. The van der Waals surface area contributed by atoms with Gasteiger partial charge < -0.3 is 10.1 Å². The van der Waals surface area contributed by atoms with Gasteiger partial charge >= 0.3 is 0 Å². The summed E-state index contributed by atoms with van der Waals surface area (Å²) in [7, 11) is 3.32. The average Bonchev–Trinajstić information content (AvgIpc) is 3.18. The molecule has 2 N–H and O–H groups in total. The van der Waals surface area contributed by atoms with Crippen molar-refractivity contribution in [3.8, 4) is 5.19 Å². The van der Waals surface area contributed by atoms with E-state index in [4.69, 9.17) is 4.74 Å². The summed E-state index contributed by atoms with van der Waals surface area (Å²) in [4.78, 5) is 33.6. The van der Waals surface area contributed by atoms with E-state index in [0.29, 0.717) is 21.9 Å². The van der Waals surface area contributed by atoms with E-state index in [0.717, 1.165) is 27.0 Å². The van der Waals surface area contributed by atoms with Gasteiger partial charge in [-0.3, -0.25) is 19.4 Å². The summed E-state index contributed by atoms with van der Waals surface area (Å²) in [6.45, 7) is 3.70. The average molecular weight is 397 g/mol. The molecule has 0 bridgehead atoms. The third kappa shape index (κ3) is 3.03. The summed E-state index contributed by atoms with van der Waals surface area (Å²) in [5.41, 5.74) is 4.18. The van der Waals surface area contributed by atoms with Crippen LogP contribution in [0.5, 0.6) is 5.19 Å². The predicted molar refractivity (Wildman–Crippen MR) is 109 cm³/mol. The van der Waals surface area contributed by atoms with Crippen LogP contribution in [0.3, 0.4) is 0 Å². The topological polar surface area (TPSA) is 102 Å². The molecule has 0 radical (unpaired) electrons. The van der Waals surface area contributed by atoms with Crippen LogP contribution in [0.4, 0.5) is 5.69 Å². The molecule has 4 rings (SSSR count). The Kier molecular flexibility index (Phi) is 4.38. The first-order valence-electron chi connectivity index (χ1n) is 8.66. The number of hydrogen-bond acceptors (Lipinski definition) is 6. The van der Waals surface area contributed by atoms with Gasteiger partial charge in [-0.1, -0.05) is 11.3 Å². The summed E-state index contributed by atoms with van der Waals surface area (Å²) in [6, 6.07) is 5.52. The summed E-state index contributed by atoms with van der Waals surface area (Å²) in [5.74, 6) is -0.171. The fraction of sp³-hybridized carbons (Fsp3) is 0.263. The van der Waals surface area contributed by atoms with Crippen molar-refractivity contribution in [2.75, 3.05) is 12.4 Å². The van der Waals surface area contributed by atoms with E-state index in [9.17, 15) is 9.59 Å². The number of hydrogen-bond donors (Lipinski definition) is 2. The molecule has 1 amide bonds. The molecule has 0 aliphatic carbocycles. The SMILES string of the molecule is COc1nc2ccc(NC(=O)Cc3c(C)nc4c(c3C)c(=O)[nH]n4C)cc2s1. The van der Waals surface area contributed by atoms with E-state index in [-0.39, 0.29) is 17.9 Å². The Balaban J connectivity index is 1.62. The van der Waals surface area contributed by atoms with Gasteiger partial charge in [0.1, 0.15) is 0 Å². The van der Waals surface area contributed by atoms with Crippen molar-refractivity contribution in [3.63, 3.8) is 0 Å². The van der Waals surface area contributed by atoms with Crippen molar-refractivity contribution in [1.29, 1.82) is 0 Å². The first-order chi connectivity index (χ1) is 13.4. The molecular formula is C19H19N5O3S. The van der Waals surface area contributed by atoms with Gasteiger partial charge in [-0.2, -0.15) is 0 Å². The van der Waals surface area contributed by atoms with Gasteiger partial charge in [0.2, 0.25) is 5.91 Å². The smallest absolute Gasteiger partial charge is 0.274 e. The quantitative estimate of drug-likeness (QED) is 0.551. The van der Waals surface area contributed by atoms with Crippen LogP contribution in [0, 0.1) is 13.8 Å². The Hall–Kier alpha value is -3.20. The minimum atomic E-state index is -0.200. The maximum Gasteiger partial charge on any atom is 0.274 e. The number of ether oxygens (including phenoxy) is 1. The van der Waals surface area contributed by atoms with E-state index in [1.54, 1.807) is 18.8 Å². The molecular weight excluding hydrogens is 378 g/mol. The first kappa shape index (κ1) is 18.2. The lowest BCUT2D eigenvalue weighted by Crippen LogP contribution is -2.17. The van der Waals surface area contributed by atoms with Gasteiger partial charge in [-0.05, 0) is 43.2 Å². The summed E-state index contributed by atoms with van der Waals surface area (Å²) in [5, 5.41) is 6.73. The van der Waals surface area contributed by atoms with E-state index in [1.165, 1.54) is 11.3 Å². The molecule has 4 aromatic rings. The highest BCUT2D eigenvalue weighted by Gasteiger charge is 2.17. The van der Waals surface area contributed by atoms with Crippen LogP contribution in [-0.2, 0) is 18.3 Å². The highest BCUT2D eigenvalue weighted by molar-refractivity contribution is 7.20. The molecule has 28 heavy (non-hydrogen) atoms. The maximum absolute atomic E-state index is 12.6. The molecule has 144 valence electrons. The number of aryl methyl sites for hydroxylation is 3. The van der Waals surface area contributed by atoms with Gasteiger partial charge in [0.15, 0.2) is 5.65 Å². The number of carbonyl (C=O) groups is 1. The zero-order chi connectivity index (χ0) is 20.0. The normalized spacial score (nSPS) is 11.3. The Bertz CT molecular complexity index is 1280. The van der Waals surface area contributed by atoms with Crippen LogP contribution < -0.4 is 15.6 Å². The number of aromatic nitrogens is 4. The number of anilines is 1. The van der Waals surface area contributed by atoms with Crippen molar-refractivity contribution >= 4 is 44.2 Å². The molecule has 0 atom stereocenters. The van der Waals surface area contributed by atoms with E-state index in [2.05, 4.69) is 20.4 Å². The molecule has 1 aromatic carbocycles. The van der Waals surface area contributed by atoms with Crippen molar-refractivity contribution in [3.05, 3.63) is 45.4 Å². The number of nitrogens with one attached hydrogen (secondary N) is 2. The van der Waals surface area contributed by atoms with E-state index >= 15 is 0 Å². The second-order valence-electron chi connectivity index (χ2n) is 6.59. The zero-order valence-electron chi connectivity index (χ0n) is 15.9. The molecule has 0 fully saturated rings. The second-order valence-corrected chi connectivity index (χ2v) is 7.58. The third-order valence-electron chi connectivity index (χ3n) is 4.74. The largest absolute Gasteiger partial charge is 0.473 e. The van der Waals surface area contributed by atoms with Crippen LogP contribution >= 0.6 is 11.3 Å². The molecule has 0 unspecified atom stereocenters. The van der Waals surface area contributed by atoms with E-state index < -0.39 is 0 Å². The number of amides is 1. The molecule has 0 aliphatic heterocycles. The van der Waals surface area contributed by atoms with Crippen LogP contribution in [0.1, 0.15) is 16.8 Å². The molecule has 0 aliphatic rings. The lowest BCUT2D eigenvalue weighted by molar-refractivity contribution is -0.115. The van der Waals surface area contributed by atoms with Crippen molar-refractivity contribution in [2.24, 2.45) is 7.05 Å². The van der Waals surface area contributed by atoms with E-state index in [1.807, 2.05) is 32.0 Å². The van der Waals surface area contributed by atoms with Crippen molar-refractivity contribution in [2.45, 2.75) is 20.3 Å². The first-order valence-corrected chi connectivity index (χ1v) is 9.48. The Morgan fingerprint density at radius 1 is 1.32 bits per heavy atom.